The summed E-state index contributed by atoms with van der Waals surface area (Å²) < 4.78 is 23.4. The quantitative estimate of drug-likeness (QED) is 0.319. The highest BCUT2D eigenvalue weighted by molar-refractivity contribution is 6.13. The smallest absolute Gasteiger partial charge is 0.216 e. The molecule has 5 aromatic rings. The maximum Gasteiger partial charge on any atom is 0.216 e. The number of hydrogen-bond donors (Lipinski definition) is 0. The van der Waals surface area contributed by atoms with Gasteiger partial charge in [0.15, 0.2) is 6.20 Å². The van der Waals surface area contributed by atoms with Crippen LogP contribution in [0.5, 0.6) is 0 Å². The van der Waals surface area contributed by atoms with Crippen molar-refractivity contribution in [2.24, 2.45) is 7.05 Å². The number of aryl methyl sites for hydroxylation is 3. The number of rotatable bonds is 2. The number of furan rings is 1. The van der Waals surface area contributed by atoms with Crippen molar-refractivity contribution in [3.05, 3.63) is 89.9 Å². The molecule has 2 nitrogen and oxygen atoms in total. The van der Waals surface area contributed by atoms with E-state index in [1.54, 1.807) is 0 Å². The van der Waals surface area contributed by atoms with Crippen LogP contribution in [0.4, 0.5) is 4.39 Å². The van der Waals surface area contributed by atoms with Gasteiger partial charge in [0, 0.05) is 22.9 Å². The maximum atomic E-state index is 14.9. The lowest BCUT2D eigenvalue weighted by molar-refractivity contribution is -0.660. The molecule has 0 saturated heterocycles. The summed E-state index contributed by atoms with van der Waals surface area (Å²) >= 11 is 0. The molecule has 0 radical (unpaired) electrons. The number of halogens is 1. The zero-order valence-corrected chi connectivity index (χ0v) is 16.7. The molecule has 2 aromatic heterocycles. The van der Waals surface area contributed by atoms with Crippen molar-refractivity contribution in [1.29, 1.82) is 0 Å². The first kappa shape index (κ1) is 17.6. The molecular weight excluding hydrogens is 361 g/mol. The Bertz CT molecular complexity index is 1380. The van der Waals surface area contributed by atoms with Crippen molar-refractivity contribution >= 4 is 21.9 Å². The summed E-state index contributed by atoms with van der Waals surface area (Å²) in [6.45, 7) is 4.10. The van der Waals surface area contributed by atoms with Gasteiger partial charge in [-0.15, -0.1) is 0 Å². The van der Waals surface area contributed by atoms with Crippen LogP contribution < -0.4 is 4.57 Å². The standard InChI is InChI=1S/C26H21FNO/c1-16-7-10-18(11-8-16)24-21(27)14-13-20-19-12-9-17(2)23(25(19)29-26(20)24)22-6-4-5-15-28(22)3/h4-15H,1-3H3/q+1. The molecule has 3 aromatic carbocycles. The van der Waals surface area contributed by atoms with E-state index in [0.29, 0.717) is 11.1 Å². The van der Waals surface area contributed by atoms with E-state index in [1.165, 1.54) is 6.07 Å². The Kier molecular flexibility index (Phi) is 3.99. The third-order valence-electron chi connectivity index (χ3n) is 5.62. The molecule has 0 spiro atoms. The first-order valence-electron chi connectivity index (χ1n) is 9.71. The SMILES string of the molecule is Cc1ccc(-c2c(F)ccc3c2oc2c(-c4cccc[n+]4C)c(C)ccc23)cc1. The molecule has 0 saturated carbocycles. The van der Waals surface area contributed by atoms with E-state index in [4.69, 9.17) is 4.42 Å². The lowest BCUT2D eigenvalue weighted by Crippen LogP contribution is -2.30. The summed E-state index contributed by atoms with van der Waals surface area (Å²) in [6, 6.07) is 21.5. The molecular formula is C26H21FNO+. The van der Waals surface area contributed by atoms with Crippen molar-refractivity contribution in [2.45, 2.75) is 13.8 Å². The van der Waals surface area contributed by atoms with Crippen LogP contribution in [0.1, 0.15) is 11.1 Å². The van der Waals surface area contributed by atoms with Gasteiger partial charge in [0.05, 0.1) is 11.1 Å². The van der Waals surface area contributed by atoms with Crippen LogP contribution in [0, 0.1) is 19.7 Å². The lowest BCUT2D eigenvalue weighted by atomic mass is 9.98. The molecule has 0 aliphatic carbocycles. The topological polar surface area (TPSA) is 17.0 Å². The highest BCUT2D eigenvalue weighted by atomic mass is 19.1. The van der Waals surface area contributed by atoms with Crippen molar-refractivity contribution in [3.63, 3.8) is 0 Å². The second kappa shape index (κ2) is 6.56. The molecule has 5 rings (SSSR count). The molecule has 0 N–H and O–H groups in total. The van der Waals surface area contributed by atoms with E-state index >= 15 is 0 Å². The molecule has 2 heterocycles. The summed E-state index contributed by atoms with van der Waals surface area (Å²) in [5.74, 6) is -0.274. The van der Waals surface area contributed by atoms with Crippen LogP contribution in [0.2, 0.25) is 0 Å². The first-order chi connectivity index (χ1) is 14.0. The van der Waals surface area contributed by atoms with Crippen LogP contribution in [0.3, 0.4) is 0 Å². The second-order valence-corrected chi connectivity index (χ2v) is 7.60. The fourth-order valence-electron chi connectivity index (χ4n) is 4.07. The number of aromatic nitrogens is 1. The molecule has 0 aliphatic heterocycles. The maximum absolute atomic E-state index is 14.9. The summed E-state index contributed by atoms with van der Waals surface area (Å²) in [5, 5.41) is 1.93. The Morgan fingerprint density at radius 2 is 1.45 bits per heavy atom. The van der Waals surface area contributed by atoms with E-state index in [0.717, 1.165) is 44.3 Å². The monoisotopic (exact) mass is 382 g/mol. The van der Waals surface area contributed by atoms with Gasteiger partial charge in [0.25, 0.3) is 0 Å². The van der Waals surface area contributed by atoms with Crippen molar-refractivity contribution in [3.8, 4) is 22.4 Å². The van der Waals surface area contributed by atoms with Gasteiger partial charge in [-0.1, -0.05) is 42.0 Å². The molecule has 0 amide bonds. The number of hydrogen-bond acceptors (Lipinski definition) is 1. The fraction of sp³-hybridized carbons (Fsp3) is 0.115. The summed E-state index contributed by atoms with van der Waals surface area (Å²) in [5.41, 5.74) is 7.08. The van der Waals surface area contributed by atoms with Gasteiger partial charge in [0.2, 0.25) is 5.69 Å². The van der Waals surface area contributed by atoms with Gasteiger partial charge in [-0.3, -0.25) is 0 Å². The van der Waals surface area contributed by atoms with Crippen molar-refractivity contribution in [1.82, 2.24) is 0 Å². The average Bonchev–Trinajstić information content (AvgIpc) is 3.08. The van der Waals surface area contributed by atoms with Crippen LogP contribution >= 0.6 is 0 Å². The Hall–Kier alpha value is -3.46. The predicted molar refractivity (Wildman–Crippen MR) is 115 cm³/mol. The predicted octanol–water partition coefficient (Wildman–Crippen LogP) is 6.50. The third kappa shape index (κ3) is 2.73. The second-order valence-electron chi connectivity index (χ2n) is 7.60. The van der Waals surface area contributed by atoms with E-state index in [1.807, 2.05) is 62.6 Å². The third-order valence-corrected chi connectivity index (χ3v) is 5.62. The summed E-state index contributed by atoms with van der Waals surface area (Å²) in [4.78, 5) is 0. The molecule has 142 valence electrons. The molecule has 3 heteroatoms. The normalized spacial score (nSPS) is 11.4. The zero-order chi connectivity index (χ0) is 20.1. The van der Waals surface area contributed by atoms with E-state index in [9.17, 15) is 4.39 Å². The highest BCUT2D eigenvalue weighted by Gasteiger charge is 2.22. The molecule has 0 atom stereocenters. The van der Waals surface area contributed by atoms with Crippen LogP contribution in [-0.4, -0.2) is 0 Å². The number of fused-ring (bicyclic) bond motifs is 3. The Morgan fingerprint density at radius 3 is 2.17 bits per heavy atom. The van der Waals surface area contributed by atoms with E-state index in [2.05, 4.69) is 29.7 Å². The van der Waals surface area contributed by atoms with Crippen molar-refractivity contribution < 1.29 is 13.4 Å². The first-order valence-corrected chi connectivity index (χ1v) is 9.71. The minimum atomic E-state index is -0.274. The van der Waals surface area contributed by atoms with E-state index < -0.39 is 0 Å². The number of nitrogens with zero attached hydrogens (tertiary/aromatic N) is 1. The summed E-state index contributed by atoms with van der Waals surface area (Å²) in [7, 11) is 2.02. The van der Waals surface area contributed by atoms with Crippen LogP contribution in [-0.2, 0) is 7.05 Å². The van der Waals surface area contributed by atoms with Crippen molar-refractivity contribution in [2.75, 3.05) is 0 Å². The lowest BCUT2D eigenvalue weighted by Gasteiger charge is -2.05. The highest BCUT2D eigenvalue weighted by Crippen LogP contribution is 2.41. The minimum Gasteiger partial charge on any atom is -0.454 e. The van der Waals surface area contributed by atoms with Gasteiger partial charge in [0.1, 0.15) is 24.0 Å². The molecule has 0 unspecified atom stereocenters. The van der Waals surface area contributed by atoms with Gasteiger partial charge >= 0.3 is 0 Å². The van der Waals surface area contributed by atoms with Gasteiger partial charge < -0.3 is 4.42 Å². The van der Waals surface area contributed by atoms with Gasteiger partial charge in [-0.25, -0.2) is 8.96 Å². The number of benzene rings is 3. The molecule has 0 fully saturated rings. The zero-order valence-electron chi connectivity index (χ0n) is 16.7. The van der Waals surface area contributed by atoms with E-state index in [-0.39, 0.29) is 5.82 Å². The average molecular weight is 382 g/mol. The summed E-state index contributed by atoms with van der Waals surface area (Å²) in [6.07, 6.45) is 2.02. The fourth-order valence-corrected chi connectivity index (χ4v) is 4.07. The Balaban J connectivity index is 1.89. The minimum absolute atomic E-state index is 0.274. The Morgan fingerprint density at radius 1 is 0.759 bits per heavy atom. The van der Waals surface area contributed by atoms with Crippen LogP contribution in [0.25, 0.3) is 44.3 Å². The van der Waals surface area contributed by atoms with Gasteiger partial charge in [-0.2, -0.15) is 0 Å². The largest absolute Gasteiger partial charge is 0.454 e. The molecule has 0 bridgehead atoms. The molecule has 29 heavy (non-hydrogen) atoms. The van der Waals surface area contributed by atoms with Gasteiger partial charge in [-0.05, 0) is 43.2 Å². The molecule has 0 aliphatic rings. The van der Waals surface area contributed by atoms with Crippen LogP contribution in [0.15, 0.2) is 77.3 Å². The Labute approximate surface area is 168 Å². The number of pyridine rings is 1.